The van der Waals surface area contributed by atoms with Gasteiger partial charge in [-0.15, -0.1) is 0 Å². The van der Waals surface area contributed by atoms with E-state index in [4.69, 9.17) is 9.84 Å². The third kappa shape index (κ3) is 5.69. The van der Waals surface area contributed by atoms with Gasteiger partial charge in [0.05, 0.1) is 14.7 Å². The minimum Gasteiger partial charge on any atom is -0.481 e. The lowest BCUT2D eigenvalue weighted by atomic mass is 10.8. The highest BCUT2D eigenvalue weighted by Gasteiger charge is 2.10. The van der Waals surface area contributed by atoms with E-state index < -0.39 is 8.07 Å². The number of hydrogen-bond acceptors (Lipinski definition) is 2. The quantitative estimate of drug-likeness (QED) is 0.507. The van der Waals surface area contributed by atoms with Gasteiger partial charge in [0.1, 0.15) is 0 Å². The zero-order valence-corrected chi connectivity index (χ0v) is 8.14. The number of aliphatic hydroxyl groups is 1. The predicted molar refractivity (Wildman–Crippen MR) is 45.7 cm³/mol. The van der Waals surface area contributed by atoms with Gasteiger partial charge in [0, 0.05) is 0 Å². The summed E-state index contributed by atoms with van der Waals surface area (Å²) in [7, 11) is -1.29. The number of ether oxygens (including phenoxy) is 1. The zero-order valence-electron chi connectivity index (χ0n) is 7.14. The first kappa shape index (κ1) is 9.56. The molecule has 0 aliphatic carbocycles. The molecule has 0 rings (SSSR count). The van der Waals surface area contributed by atoms with Crippen LogP contribution in [0.3, 0.4) is 0 Å². The zero-order chi connectivity index (χ0) is 8.20. The molecule has 0 amide bonds. The van der Waals surface area contributed by atoms with Crippen molar-refractivity contribution in [1.82, 2.24) is 0 Å². The van der Waals surface area contributed by atoms with Crippen molar-refractivity contribution >= 4 is 8.07 Å². The molecule has 0 aliphatic rings. The van der Waals surface area contributed by atoms with Crippen molar-refractivity contribution in [3.63, 3.8) is 0 Å². The van der Waals surface area contributed by atoms with E-state index >= 15 is 0 Å². The Morgan fingerprint density at radius 2 is 2.00 bits per heavy atom. The molecule has 1 N–H and O–H groups in total. The van der Waals surface area contributed by atoms with Crippen LogP contribution in [0.4, 0.5) is 0 Å². The SMILES string of the molecule is CCOC(O)=C[Si](C)(C)C. The van der Waals surface area contributed by atoms with Gasteiger partial charge in [-0.05, 0) is 12.6 Å². The smallest absolute Gasteiger partial charge is 0.268 e. The predicted octanol–water partition coefficient (Wildman–Crippen LogP) is 2.30. The van der Waals surface area contributed by atoms with Crippen molar-refractivity contribution < 1.29 is 9.84 Å². The average Bonchev–Trinajstić information content (AvgIpc) is 1.59. The number of hydrogen-bond donors (Lipinski definition) is 1. The normalized spacial score (nSPS) is 13.4. The lowest BCUT2D eigenvalue weighted by Gasteiger charge is -2.09. The summed E-state index contributed by atoms with van der Waals surface area (Å²) in [5.41, 5.74) is 1.83. The fourth-order valence-corrected chi connectivity index (χ4v) is 1.38. The van der Waals surface area contributed by atoms with Crippen molar-refractivity contribution in [2.75, 3.05) is 6.61 Å². The second kappa shape index (κ2) is 3.66. The lowest BCUT2D eigenvalue weighted by Crippen LogP contribution is -2.17. The maximum Gasteiger partial charge on any atom is 0.268 e. The molecule has 0 heterocycles. The van der Waals surface area contributed by atoms with Crippen LogP contribution >= 0.6 is 0 Å². The van der Waals surface area contributed by atoms with E-state index in [1.54, 1.807) is 0 Å². The van der Waals surface area contributed by atoms with Gasteiger partial charge in [-0.1, -0.05) is 19.6 Å². The van der Waals surface area contributed by atoms with Crippen LogP contribution in [0, 0.1) is 0 Å². The summed E-state index contributed by atoms with van der Waals surface area (Å²) in [6.45, 7) is 8.81. The van der Waals surface area contributed by atoms with Gasteiger partial charge >= 0.3 is 0 Å². The molecule has 0 atom stereocenters. The lowest BCUT2D eigenvalue weighted by molar-refractivity contribution is 0.103. The van der Waals surface area contributed by atoms with Gasteiger partial charge in [0.2, 0.25) is 0 Å². The molecule has 3 heteroatoms. The maximum atomic E-state index is 9.06. The molecule has 0 aromatic heterocycles. The molecule has 0 aliphatic heterocycles. The number of rotatable bonds is 3. The third-order valence-corrected chi connectivity index (χ3v) is 1.96. The molecule has 60 valence electrons. The van der Waals surface area contributed by atoms with E-state index in [0.29, 0.717) is 6.61 Å². The van der Waals surface area contributed by atoms with E-state index in [1.807, 2.05) is 12.6 Å². The summed E-state index contributed by atoms with van der Waals surface area (Å²) in [6.07, 6.45) is 0. The van der Waals surface area contributed by atoms with E-state index in [1.165, 1.54) is 0 Å². The summed E-state index contributed by atoms with van der Waals surface area (Å²) in [4.78, 5) is 0. The van der Waals surface area contributed by atoms with Crippen LogP contribution < -0.4 is 0 Å². The molecule has 0 aromatic rings. The highest BCUT2D eigenvalue weighted by molar-refractivity contribution is 6.81. The number of aliphatic hydroxyl groups excluding tert-OH is 1. The van der Waals surface area contributed by atoms with Crippen LogP contribution in [0.1, 0.15) is 6.92 Å². The van der Waals surface area contributed by atoms with Crippen molar-refractivity contribution in [2.45, 2.75) is 26.6 Å². The third-order valence-electron chi connectivity index (χ3n) is 0.849. The van der Waals surface area contributed by atoms with Gasteiger partial charge in [-0.2, -0.15) is 0 Å². The van der Waals surface area contributed by atoms with Gasteiger partial charge in [0.15, 0.2) is 0 Å². The van der Waals surface area contributed by atoms with Crippen LogP contribution in [-0.4, -0.2) is 19.8 Å². The molecule has 0 saturated carbocycles. The fourth-order valence-electron chi connectivity index (χ4n) is 0.560. The van der Waals surface area contributed by atoms with Gasteiger partial charge in [0.25, 0.3) is 5.95 Å². The monoisotopic (exact) mass is 160 g/mol. The Morgan fingerprint density at radius 1 is 1.50 bits per heavy atom. The van der Waals surface area contributed by atoms with E-state index in [9.17, 15) is 0 Å². The summed E-state index contributed by atoms with van der Waals surface area (Å²) >= 11 is 0. The van der Waals surface area contributed by atoms with Crippen LogP contribution in [0.15, 0.2) is 11.6 Å². The Labute approximate surface area is 63.5 Å². The molecule has 0 bridgehead atoms. The van der Waals surface area contributed by atoms with Crippen molar-refractivity contribution in [2.24, 2.45) is 0 Å². The van der Waals surface area contributed by atoms with Gasteiger partial charge in [-0.25, -0.2) is 0 Å². The first-order valence-corrected chi connectivity index (χ1v) is 7.08. The van der Waals surface area contributed by atoms with Crippen LogP contribution in [0.5, 0.6) is 0 Å². The fraction of sp³-hybridized carbons (Fsp3) is 0.714. The first-order valence-electron chi connectivity index (χ1n) is 3.50. The minimum atomic E-state index is -1.29. The summed E-state index contributed by atoms with van der Waals surface area (Å²) < 4.78 is 4.87. The van der Waals surface area contributed by atoms with Crippen LogP contribution in [-0.2, 0) is 4.74 Å². The highest BCUT2D eigenvalue weighted by Crippen LogP contribution is 2.05. The maximum absolute atomic E-state index is 9.06. The Hall–Kier alpha value is -0.443. The second-order valence-corrected chi connectivity index (χ2v) is 8.30. The van der Waals surface area contributed by atoms with E-state index in [0.717, 1.165) is 0 Å². The average molecular weight is 160 g/mol. The van der Waals surface area contributed by atoms with Crippen molar-refractivity contribution in [1.29, 1.82) is 0 Å². The van der Waals surface area contributed by atoms with Crippen LogP contribution in [0.2, 0.25) is 19.6 Å². The summed E-state index contributed by atoms with van der Waals surface area (Å²) in [5.74, 6) is 0.0849. The molecule has 0 unspecified atom stereocenters. The van der Waals surface area contributed by atoms with E-state index in [2.05, 4.69) is 19.6 Å². The van der Waals surface area contributed by atoms with E-state index in [-0.39, 0.29) is 5.95 Å². The largest absolute Gasteiger partial charge is 0.481 e. The molecule has 0 fully saturated rings. The molecule has 0 saturated heterocycles. The summed E-state index contributed by atoms with van der Waals surface area (Å²) in [6, 6.07) is 0. The second-order valence-electron chi connectivity index (χ2n) is 3.28. The first-order chi connectivity index (χ1) is 4.45. The molecule has 0 spiro atoms. The highest BCUT2D eigenvalue weighted by atomic mass is 28.3. The van der Waals surface area contributed by atoms with Gasteiger partial charge in [-0.3, -0.25) is 0 Å². The molecule has 0 radical (unpaired) electrons. The topological polar surface area (TPSA) is 29.5 Å². The molecular weight excluding hydrogens is 144 g/mol. The van der Waals surface area contributed by atoms with Crippen LogP contribution in [0.25, 0.3) is 0 Å². The Balaban J connectivity index is 3.90. The Kier molecular flexibility index (Phi) is 3.50. The molecular formula is C7H16O2Si. The Bertz CT molecular complexity index is 124. The standard InChI is InChI=1S/C7H16O2Si/c1-5-9-7(8)6-10(2,3)4/h6,8H,5H2,1-4H3. The molecule has 0 aromatic carbocycles. The minimum absolute atomic E-state index is 0.0849. The summed E-state index contributed by atoms with van der Waals surface area (Å²) in [5, 5.41) is 9.06. The Morgan fingerprint density at radius 3 is 2.30 bits per heavy atom. The van der Waals surface area contributed by atoms with Crippen molar-refractivity contribution in [3.05, 3.63) is 11.6 Å². The molecule has 2 nitrogen and oxygen atoms in total. The van der Waals surface area contributed by atoms with Gasteiger partial charge < -0.3 is 9.84 Å². The molecule has 10 heavy (non-hydrogen) atoms. The van der Waals surface area contributed by atoms with Crippen molar-refractivity contribution in [3.8, 4) is 0 Å².